The number of halogens is 2. The molecule has 0 bridgehead atoms. The van der Waals surface area contributed by atoms with Gasteiger partial charge in [-0.3, -0.25) is 4.98 Å². The summed E-state index contributed by atoms with van der Waals surface area (Å²) in [6.07, 6.45) is -1.30. The molecule has 0 spiro atoms. The quantitative estimate of drug-likeness (QED) is 0.902. The summed E-state index contributed by atoms with van der Waals surface area (Å²) in [5.41, 5.74) is 0.599. The molecule has 0 saturated heterocycles. The summed E-state index contributed by atoms with van der Waals surface area (Å²) in [7, 11) is 0. The van der Waals surface area contributed by atoms with Gasteiger partial charge in [-0.2, -0.15) is 4.98 Å². The van der Waals surface area contributed by atoms with Crippen molar-refractivity contribution in [3.05, 3.63) is 41.3 Å². The van der Waals surface area contributed by atoms with Crippen molar-refractivity contribution in [1.82, 2.24) is 20.4 Å². The molecule has 2 rings (SSSR count). The van der Waals surface area contributed by atoms with Crippen LogP contribution in [0.3, 0.4) is 0 Å². The Balaban J connectivity index is 1.91. The minimum Gasteiger partial charge on any atom is -0.340 e. The van der Waals surface area contributed by atoms with E-state index in [0.717, 1.165) is 0 Å². The highest BCUT2D eigenvalue weighted by molar-refractivity contribution is 5.15. The van der Waals surface area contributed by atoms with Crippen molar-refractivity contribution >= 4 is 0 Å². The third kappa shape index (κ3) is 3.54. The van der Waals surface area contributed by atoms with Gasteiger partial charge in [0.1, 0.15) is 0 Å². The molecule has 0 aromatic carbocycles. The standard InChI is InChI=1S/C12H14F2N4O/c1-7(12-17-8(2)19-18-12)15-6-10-4-3-9(5-16-10)11(13)14/h3-5,7,11,15H,6H2,1-2H3. The van der Waals surface area contributed by atoms with Gasteiger partial charge in [-0.1, -0.05) is 5.16 Å². The van der Waals surface area contributed by atoms with Crippen LogP contribution in [0.4, 0.5) is 8.78 Å². The smallest absolute Gasteiger partial charge is 0.265 e. The van der Waals surface area contributed by atoms with Gasteiger partial charge in [0.25, 0.3) is 6.43 Å². The van der Waals surface area contributed by atoms with Gasteiger partial charge in [0, 0.05) is 25.2 Å². The number of alkyl halides is 2. The molecule has 0 aliphatic rings. The molecule has 2 aromatic heterocycles. The van der Waals surface area contributed by atoms with E-state index >= 15 is 0 Å². The van der Waals surface area contributed by atoms with Gasteiger partial charge >= 0.3 is 0 Å². The van der Waals surface area contributed by atoms with Crippen molar-refractivity contribution in [2.45, 2.75) is 32.9 Å². The van der Waals surface area contributed by atoms with Crippen molar-refractivity contribution in [2.24, 2.45) is 0 Å². The van der Waals surface area contributed by atoms with Crippen molar-refractivity contribution in [1.29, 1.82) is 0 Å². The van der Waals surface area contributed by atoms with Crippen LogP contribution in [0.25, 0.3) is 0 Å². The molecular formula is C12H14F2N4O. The van der Waals surface area contributed by atoms with Crippen LogP contribution in [0.1, 0.15) is 42.4 Å². The van der Waals surface area contributed by atoms with E-state index < -0.39 is 6.43 Å². The van der Waals surface area contributed by atoms with Crippen LogP contribution in [0.15, 0.2) is 22.9 Å². The molecule has 2 aromatic rings. The maximum absolute atomic E-state index is 12.4. The summed E-state index contributed by atoms with van der Waals surface area (Å²) in [5.74, 6) is 1.06. The topological polar surface area (TPSA) is 63.8 Å². The van der Waals surface area contributed by atoms with E-state index in [9.17, 15) is 8.78 Å². The van der Waals surface area contributed by atoms with Gasteiger partial charge in [0.15, 0.2) is 5.82 Å². The minimum absolute atomic E-state index is 0.0782. The Hall–Kier alpha value is -1.89. The largest absolute Gasteiger partial charge is 0.340 e. The zero-order chi connectivity index (χ0) is 13.8. The number of hydrogen-bond acceptors (Lipinski definition) is 5. The van der Waals surface area contributed by atoms with E-state index in [1.165, 1.54) is 12.3 Å². The second-order valence-corrected chi connectivity index (χ2v) is 4.16. The SMILES string of the molecule is Cc1nc(C(C)NCc2ccc(C(F)F)cn2)no1. The number of aryl methyl sites for hydroxylation is 1. The molecule has 1 atom stereocenters. The molecule has 1 unspecified atom stereocenters. The molecule has 0 aliphatic heterocycles. The lowest BCUT2D eigenvalue weighted by molar-refractivity contribution is 0.151. The molecule has 2 heterocycles. The number of aromatic nitrogens is 3. The number of rotatable bonds is 5. The van der Waals surface area contributed by atoms with Gasteiger partial charge in [0.2, 0.25) is 5.89 Å². The van der Waals surface area contributed by atoms with Crippen molar-refractivity contribution in [2.75, 3.05) is 0 Å². The lowest BCUT2D eigenvalue weighted by Crippen LogP contribution is -2.19. The molecule has 0 saturated carbocycles. The van der Waals surface area contributed by atoms with Gasteiger partial charge in [-0.25, -0.2) is 8.78 Å². The Morgan fingerprint density at radius 3 is 2.68 bits per heavy atom. The first-order valence-electron chi connectivity index (χ1n) is 5.83. The molecule has 0 fully saturated rings. The van der Waals surface area contributed by atoms with Gasteiger partial charge in [0.05, 0.1) is 11.7 Å². The van der Waals surface area contributed by atoms with Crippen LogP contribution in [-0.4, -0.2) is 15.1 Å². The maximum Gasteiger partial charge on any atom is 0.265 e. The molecule has 19 heavy (non-hydrogen) atoms. The Morgan fingerprint density at radius 2 is 2.16 bits per heavy atom. The van der Waals surface area contributed by atoms with Crippen LogP contribution in [-0.2, 0) is 6.54 Å². The lowest BCUT2D eigenvalue weighted by Gasteiger charge is -2.09. The van der Waals surface area contributed by atoms with Crippen LogP contribution in [0, 0.1) is 6.92 Å². The summed E-state index contributed by atoms with van der Waals surface area (Å²) in [6.45, 7) is 4.05. The van der Waals surface area contributed by atoms with Crippen LogP contribution in [0.2, 0.25) is 0 Å². The first-order valence-corrected chi connectivity index (χ1v) is 5.83. The highest BCUT2D eigenvalue weighted by Crippen LogP contribution is 2.17. The van der Waals surface area contributed by atoms with Gasteiger partial charge < -0.3 is 9.84 Å². The van der Waals surface area contributed by atoms with Gasteiger partial charge in [-0.05, 0) is 19.1 Å². The Morgan fingerprint density at radius 1 is 1.37 bits per heavy atom. The molecule has 0 aliphatic carbocycles. The van der Waals surface area contributed by atoms with E-state index in [-0.39, 0.29) is 11.6 Å². The van der Waals surface area contributed by atoms with Crippen molar-refractivity contribution in [3.8, 4) is 0 Å². The normalized spacial score (nSPS) is 12.9. The molecule has 0 amide bonds. The summed E-state index contributed by atoms with van der Waals surface area (Å²) < 4.78 is 29.6. The summed E-state index contributed by atoms with van der Waals surface area (Å²) in [6, 6.07) is 2.84. The number of nitrogens with zero attached hydrogens (tertiary/aromatic N) is 3. The third-order valence-corrected chi connectivity index (χ3v) is 2.62. The maximum atomic E-state index is 12.4. The fourth-order valence-corrected chi connectivity index (χ4v) is 1.51. The Kier molecular flexibility index (Phi) is 4.16. The van der Waals surface area contributed by atoms with Crippen LogP contribution in [0.5, 0.6) is 0 Å². The number of pyridine rings is 1. The van der Waals surface area contributed by atoms with E-state index in [0.29, 0.717) is 24.0 Å². The van der Waals surface area contributed by atoms with Crippen molar-refractivity contribution < 1.29 is 13.3 Å². The van der Waals surface area contributed by atoms with E-state index in [4.69, 9.17) is 4.52 Å². The molecule has 1 N–H and O–H groups in total. The molecule has 7 heteroatoms. The average Bonchev–Trinajstić information content (AvgIpc) is 2.83. The second-order valence-electron chi connectivity index (χ2n) is 4.16. The average molecular weight is 268 g/mol. The Bertz CT molecular complexity index is 527. The predicted molar refractivity (Wildman–Crippen MR) is 63.5 cm³/mol. The molecular weight excluding hydrogens is 254 g/mol. The fraction of sp³-hybridized carbons (Fsp3) is 0.417. The first kappa shape index (κ1) is 13.5. The lowest BCUT2D eigenvalue weighted by atomic mass is 10.2. The van der Waals surface area contributed by atoms with Crippen LogP contribution < -0.4 is 5.32 Å². The third-order valence-electron chi connectivity index (χ3n) is 2.62. The van der Waals surface area contributed by atoms with Crippen molar-refractivity contribution in [3.63, 3.8) is 0 Å². The summed E-state index contributed by atoms with van der Waals surface area (Å²) in [4.78, 5) is 8.06. The van der Waals surface area contributed by atoms with Crippen LogP contribution >= 0.6 is 0 Å². The Labute approximate surface area is 109 Å². The zero-order valence-corrected chi connectivity index (χ0v) is 10.6. The van der Waals surface area contributed by atoms with E-state index in [1.807, 2.05) is 6.92 Å². The fourth-order valence-electron chi connectivity index (χ4n) is 1.51. The first-order chi connectivity index (χ1) is 9.06. The predicted octanol–water partition coefficient (Wildman–Crippen LogP) is 2.56. The summed E-state index contributed by atoms with van der Waals surface area (Å²) in [5, 5.41) is 6.94. The molecule has 102 valence electrons. The minimum atomic E-state index is -2.49. The number of nitrogens with one attached hydrogen (secondary N) is 1. The second kappa shape index (κ2) is 5.83. The van der Waals surface area contributed by atoms with E-state index in [1.54, 1.807) is 13.0 Å². The number of hydrogen-bond donors (Lipinski definition) is 1. The summed E-state index contributed by atoms with van der Waals surface area (Å²) >= 11 is 0. The van der Waals surface area contributed by atoms with Gasteiger partial charge in [-0.15, -0.1) is 0 Å². The monoisotopic (exact) mass is 268 g/mol. The zero-order valence-electron chi connectivity index (χ0n) is 10.6. The molecule has 0 radical (unpaired) electrons. The highest BCUT2D eigenvalue weighted by atomic mass is 19.3. The highest BCUT2D eigenvalue weighted by Gasteiger charge is 2.12. The molecule has 5 nitrogen and oxygen atoms in total. The van der Waals surface area contributed by atoms with E-state index in [2.05, 4.69) is 20.4 Å².